The minimum Gasteiger partial charge on any atom is -0.496 e. The summed E-state index contributed by atoms with van der Waals surface area (Å²) in [5, 5.41) is 2.89. The number of imide groups is 1. The molecule has 0 saturated carbocycles. The van der Waals surface area contributed by atoms with Gasteiger partial charge in [0.1, 0.15) is 17.4 Å². The molecule has 3 amide bonds. The Balaban J connectivity index is 0.803. The van der Waals surface area contributed by atoms with Crippen LogP contribution in [0.3, 0.4) is 0 Å². The van der Waals surface area contributed by atoms with Crippen molar-refractivity contribution >= 4 is 68.8 Å². The number of nitrogen functional groups attached to an aromatic ring is 1. The molecular formula is C42H44ClN9O7. The average molecular weight is 822 g/mol. The number of fused-ring (bicyclic) bond motifs is 3. The summed E-state index contributed by atoms with van der Waals surface area (Å²) in [6.07, 6.45) is 4.19. The van der Waals surface area contributed by atoms with Gasteiger partial charge in [0, 0.05) is 75.1 Å². The molecule has 5 aromatic rings. The number of pyridine rings is 1. The Labute approximate surface area is 344 Å². The predicted octanol–water partition coefficient (Wildman–Crippen LogP) is 4.66. The Morgan fingerprint density at radius 1 is 0.966 bits per heavy atom. The normalized spacial score (nSPS) is 20.4. The van der Waals surface area contributed by atoms with Gasteiger partial charge in [0.2, 0.25) is 23.2 Å². The van der Waals surface area contributed by atoms with E-state index < -0.39 is 11.9 Å². The van der Waals surface area contributed by atoms with Gasteiger partial charge in [0.25, 0.3) is 5.91 Å². The third kappa shape index (κ3) is 7.13. The Morgan fingerprint density at radius 3 is 2.53 bits per heavy atom. The third-order valence-corrected chi connectivity index (χ3v) is 12.4. The Bertz CT molecular complexity index is 2590. The molecule has 7 heterocycles. The molecule has 306 valence electrons. The fourth-order valence-corrected chi connectivity index (χ4v) is 9.06. The molecule has 2 aromatic carbocycles. The van der Waals surface area contributed by atoms with Crippen LogP contribution >= 0.6 is 11.6 Å². The number of ether oxygens (including phenoxy) is 2. The van der Waals surface area contributed by atoms with Crippen LogP contribution in [0.15, 0.2) is 51.8 Å². The summed E-state index contributed by atoms with van der Waals surface area (Å²) in [4.78, 5) is 73.4. The fourth-order valence-electron chi connectivity index (χ4n) is 8.81. The summed E-state index contributed by atoms with van der Waals surface area (Å²) in [6, 6.07) is 10.1. The molecule has 1 unspecified atom stereocenters. The van der Waals surface area contributed by atoms with E-state index in [0.717, 1.165) is 63.4 Å². The minimum atomic E-state index is -0.671. The van der Waals surface area contributed by atoms with E-state index in [1.165, 1.54) is 0 Å². The lowest BCUT2D eigenvalue weighted by molar-refractivity contribution is -0.136. The Kier molecular flexibility index (Phi) is 9.99. The van der Waals surface area contributed by atoms with Gasteiger partial charge < -0.3 is 34.3 Å². The molecule has 17 heteroatoms. The SMILES string of the molecule is COc1cc(N2CCC(CN3CCN(c4ncc(Oc5cc6oc7cccc(Cl)c7c(=O)c6nc5N)c(C)n4)C[C@@H]3C)CC2)cc2c1CN(C1CCC(=O)NC1=O)C2=O. The summed E-state index contributed by atoms with van der Waals surface area (Å²) in [5.41, 5.74) is 9.39. The molecule has 0 spiro atoms. The third-order valence-electron chi connectivity index (χ3n) is 12.1. The second kappa shape index (κ2) is 15.3. The summed E-state index contributed by atoms with van der Waals surface area (Å²) >= 11 is 6.26. The van der Waals surface area contributed by atoms with Crippen LogP contribution in [0.5, 0.6) is 17.2 Å². The highest BCUT2D eigenvalue weighted by atomic mass is 35.5. The highest BCUT2D eigenvalue weighted by molar-refractivity contribution is 6.35. The lowest BCUT2D eigenvalue weighted by Gasteiger charge is -2.43. The molecule has 2 atom stereocenters. The number of aromatic nitrogens is 3. The topological polar surface area (TPSA) is 190 Å². The highest BCUT2D eigenvalue weighted by Crippen LogP contribution is 2.39. The first kappa shape index (κ1) is 38.5. The molecule has 3 N–H and O–H groups in total. The molecular weight excluding hydrogens is 778 g/mol. The number of piperazine rings is 1. The van der Waals surface area contributed by atoms with Gasteiger partial charge in [-0.25, -0.2) is 15.0 Å². The molecule has 3 saturated heterocycles. The van der Waals surface area contributed by atoms with Crippen molar-refractivity contribution in [1.82, 2.24) is 30.1 Å². The van der Waals surface area contributed by atoms with Crippen LogP contribution in [-0.4, -0.2) is 101 Å². The second-order valence-corrected chi connectivity index (χ2v) is 16.2. The number of nitrogens with two attached hydrogens (primary N) is 1. The van der Waals surface area contributed by atoms with E-state index in [-0.39, 0.29) is 69.3 Å². The number of anilines is 3. The largest absolute Gasteiger partial charge is 0.496 e. The van der Waals surface area contributed by atoms with Crippen molar-refractivity contribution in [1.29, 1.82) is 0 Å². The number of halogens is 1. The maximum absolute atomic E-state index is 13.6. The number of hydrogen-bond acceptors (Lipinski definition) is 14. The number of benzene rings is 2. The number of aryl methyl sites for hydroxylation is 1. The molecule has 3 fully saturated rings. The van der Waals surface area contributed by atoms with Crippen molar-refractivity contribution in [2.75, 3.05) is 61.9 Å². The summed E-state index contributed by atoms with van der Waals surface area (Å²) in [7, 11) is 1.60. The smallest absolute Gasteiger partial charge is 0.255 e. The van der Waals surface area contributed by atoms with Crippen molar-refractivity contribution in [2.24, 2.45) is 5.92 Å². The quantitative estimate of drug-likeness (QED) is 0.162. The average Bonchev–Trinajstić information content (AvgIpc) is 3.55. The molecule has 16 nitrogen and oxygen atoms in total. The number of nitrogens with one attached hydrogen (secondary N) is 1. The van der Waals surface area contributed by atoms with Gasteiger partial charge in [-0.15, -0.1) is 0 Å². The molecule has 59 heavy (non-hydrogen) atoms. The van der Waals surface area contributed by atoms with Crippen molar-refractivity contribution in [2.45, 2.75) is 58.2 Å². The van der Waals surface area contributed by atoms with Crippen molar-refractivity contribution < 1.29 is 28.3 Å². The van der Waals surface area contributed by atoms with Crippen LogP contribution < -0.4 is 35.8 Å². The maximum Gasteiger partial charge on any atom is 0.255 e. The fraction of sp³-hybridized carbons (Fsp3) is 0.405. The predicted molar refractivity (Wildman–Crippen MR) is 221 cm³/mol. The molecule has 0 aliphatic carbocycles. The van der Waals surface area contributed by atoms with Crippen molar-refractivity contribution in [3.8, 4) is 17.2 Å². The number of amides is 3. The Morgan fingerprint density at radius 2 is 1.78 bits per heavy atom. The number of nitrogens with zero attached hydrogens (tertiary/aromatic N) is 7. The number of rotatable bonds is 8. The van der Waals surface area contributed by atoms with Gasteiger partial charge in [-0.2, -0.15) is 0 Å². The van der Waals surface area contributed by atoms with Crippen LogP contribution in [0.4, 0.5) is 17.5 Å². The first-order chi connectivity index (χ1) is 28.4. The van der Waals surface area contributed by atoms with Crippen LogP contribution in [0.25, 0.3) is 22.1 Å². The summed E-state index contributed by atoms with van der Waals surface area (Å²) < 4.78 is 17.8. The number of piperidine rings is 2. The van der Waals surface area contributed by atoms with E-state index in [1.54, 1.807) is 42.5 Å². The van der Waals surface area contributed by atoms with Crippen LogP contribution in [-0.2, 0) is 16.1 Å². The molecule has 3 aromatic heterocycles. The Hall–Kier alpha value is -6.00. The molecule has 9 rings (SSSR count). The number of hydrogen-bond donors (Lipinski definition) is 2. The lowest BCUT2D eigenvalue weighted by atomic mass is 9.94. The maximum atomic E-state index is 13.6. The molecule has 4 aliphatic heterocycles. The van der Waals surface area contributed by atoms with E-state index in [1.807, 2.05) is 19.1 Å². The van der Waals surface area contributed by atoms with E-state index in [0.29, 0.717) is 46.6 Å². The number of carbonyl (C=O) groups excluding carboxylic acids is 3. The van der Waals surface area contributed by atoms with Gasteiger partial charge in [0.15, 0.2) is 28.4 Å². The van der Waals surface area contributed by atoms with Crippen molar-refractivity contribution in [3.63, 3.8) is 0 Å². The minimum absolute atomic E-state index is 0.0235. The van der Waals surface area contributed by atoms with E-state index in [2.05, 4.69) is 36.9 Å². The summed E-state index contributed by atoms with van der Waals surface area (Å²) in [6.45, 7) is 9.49. The van der Waals surface area contributed by atoms with Crippen LogP contribution in [0, 0.1) is 12.8 Å². The number of carbonyl (C=O) groups is 3. The van der Waals surface area contributed by atoms with E-state index in [4.69, 9.17) is 36.2 Å². The first-order valence-electron chi connectivity index (χ1n) is 19.9. The van der Waals surface area contributed by atoms with Gasteiger partial charge in [-0.1, -0.05) is 17.7 Å². The molecule has 0 bridgehead atoms. The van der Waals surface area contributed by atoms with Gasteiger partial charge in [-0.3, -0.25) is 29.4 Å². The van der Waals surface area contributed by atoms with Gasteiger partial charge in [0.05, 0.1) is 41.5 Å². The van der Waals surface area contributed by atoms with Crippen LogP contribution in [0.2, 0.25) is 5.02 Å². The monoisotopic (exact) mass is 821 g/mol. The van der Waals surface area contributed by atoms with Gasteiger partial charge >= 0.3 is 0 Å². The number of methoxy groups -OCH3 is 1. The second-order valence-electron chi connectivity index (χ2n) is 15.8. The van der Waals surface area contributed by atoms with Gasteiger partial charge in [-0.05, 0) is 57.2 Å². The molecule has 0 radical (unpaired) electrons. The van der Waals surface area contributed by atoms with Crippen molar-refractivity contribution in [3.05, 3.63) is 74.7 Å². The zero-order chi connectivity index (χ0) is 41.1. The first-order valence-corrected chi connectivity index (χ1v) is 20.3. The zero-order valence-corrected chi connectivity index (χ0v) is 33.8. The summed E-state index contributed by atoms with van der Waals surface area (Å²) in [5.74, 6) is 1.50. The van der Waals surface area contributed by atoms with Crippen LogP contribution in [0.1, 0.15) is 54.2 Å². The zero-order valence-electron chi connectivity index (χ0n) is 33.0. The molecule has 4 aliphatic rings. The highest BCUT2D eigenvalue weighted by Gasteiger charge is 2.41. The van der Waals surface area contributed by atoms with E-state index in [9.17, 15) is 19.2 Å². The standard InChI is InChI=1S/C42H44ClN9O7/c1-22-19-51(42-45-18-34(23(2)46-42)59-33-17-32-37(48-39(33)44)38(54)36-28(43)5-4-6-30(36)58-32)14-13-50(22)20-24-9-11-49(12-10-24)25-15-26-27(31(16-25)57-3)21-52(41(26)56)29-7-8-35(53)47-40(29)55/h4-6,15-18,22,24,29H,7-14,19-21H2,1-3H3,(H2,44,48)(H,47,53,55)/t22-,29?/m0/s1. The lowest BCUT2D eigenvalue weighted by Crippen LogP contribution is -2.54. The van der Waals surface area contributed by atoms with E-state index >= 15 is 0 Å².